The number of ether oxygens (including phenoxy) is 3. The van der Waals surface area contributed by atoms with Gasteiger partial charge in [0, 0.05) is 23.3 Å². The lowest BCUT2D eigenvalue weighted by molar-refractivity contribution is 0.0890. The van der Waals surface area contributed by atoms with E-state index in [-0.39, 0.29) is 35.2 Å². The summed E-state index contributed by atoms with van der Waals surface area (Å²) in [4.78, 5) is 13.1. The lowest BCUT2D eigenvalue weighted by Gasteiger charge is -2.27. The molecule has 1 aliphatic rings. The predicted octanol–water partition coefficient (Wildman–Crippen LogP) is 3.98. The Hall–Kier alpha value is -3.15. The third-order valence-electron chi connectivity index (χ3n) is 4.80. The van der Waals surface area contributed by atoms with Crippen LogP contribution >= 0.6 is 0 Å². The fraction of sp³-hybridized carbons (Fsp3) is 0.318. The molecule has 0 saturated heterocycles. The number of fused-ring (bicyclic) bond motifs is 1. The Labute approximate surface area is 164 Å². The third kappa shape index (κ3) is 3.50. The zero-order valence-electron chi connectivity index (χ0n) is 16.4. The fourth-order valence-electron chi connectivity index (χ4n) is 3.44. The fourth-order valence-corrected chi connectivity index (χ4v) is 3.44. The number of methoxy groups -OCH3 is 2. The van der Waals surface area contributed by atoms with Crippen LogP contribution in [0.5, 0.6) is 28.7 Å². The van der Waals surface area contributed by atoms with E-state index in [0.29, 0.717) is 23.5 Å². The molecule has 28 heavy (non-hydrogen) atoms. The zero-order valence-corrected chi connectivity index (χ0v) is 16.4. The van der Waals surface area contributed by atoms with Gasteiger partial charge in [0.05, 0.1) is 20.1 Å². The molecular formula is C22H24O6. The normalized spacial score (nSPS) is 15.4. The highest BCUT2D eigenvalue weighted by atomic mass is 16.5. The van der Waals surface area contributed by atoms with Crippen molar-refractivity contribution in [3.63, 3.8) is 0 Å². The highest BCUT2D eigenvalue weighted by molar-refractivity contribution is 6.07. The summed E-state index contributed by atoms with van der Waals surface area (Å²) in [6.45, 7) is 4.10. The van der Waals surface area contributed by atoms with Crippen molar-refractivity contribution >= 4 is 5.78 Å². The van der Waals surface area contributed by atoms with E-state index in [1.165, 1.54) is 6.07 Å². The molecule has 6 nitrogen and oxygen atoms in total. The number of ketones is 1. The van der Waals surface area contributed by atoms with Gasteiger partial charge in [-0.1, -0.05) is 17.7 Å². The van der Waals surface area contributed by atoms with Gasteiger partial charge in [-0.15, -0.1) is 0 Å². The van der Waals surface area contributed by atoms with Gasteiger partial charge in [-0.25, -0.2) is 0 Å². The molecule has 1 heterocycles. The second kappa shape index (κ2) is 7.84. The average molecular weight is 384 g/mol. The number of phenols is 2. The molecule has 0 amide bonds. The molecule has 3 rings (SSSR count). The van der Waals surface area contributed by atoms with Crippen molar-refractivity contribution in [3.8, 4) is 28.7 Å². The molecular weight excluding hydrogens is 360 g/mol. The van der Waals surface area contributed by atoms with Crippen molar-refractivity contribution in [1.29, 1.82) is 0 Å². The van der Waals surface area contributed by atoms with Crippen molar-refractivity contribution in [1.82, 2.24) is 0 Å². The Morgan fingerprint density at radius 2 is 1.96 bits per heavy atom. The van der Waals surface area contributed by atoms with Crippen molar-refractivity contribution in [2.75, 3.05) is 20.8 Å². The number of phenolic OH excluding ortho intramolecular Hbond substituents is 2. The Morgan fingerprint density at radius 3 is 2.61 bits per heavy atom. The van der Waals surface area contributed by atoms with Crippen LogP contribution in [0, 0.1) is 0 Å². The molecule has 148 valence electrons. The number of hydrogen-bond acceptors (Lipinski definition) is 6. The SMILES string of the molecule is COc1ccc([C@H]2COc3cc(O)cc(O)c3C2=O)c(OC)c1CC=C(C)C. The average Bonchev–Trinajstić information content (AvgIpc) is 2.65. The number of rotatable bonds is 5. The second-order valence-corrected chi connectivity index (χ2v) is 6.92. The second-order valence-electron chi connectivity index (χ2n) is 6.92. The number of hydrogen-bond donors (Lipinski definition) is 2. The number of allylic oxidation sites excluding steroid dienone is 2. The van der Waals surface area contributed by atoms with E-state index in [4.69, 9.17) is 14.2 Å². The summed E-state index contributed by atoms with van der Waals surface area (Å²) >= 11 is 0. The lowest BCUT2D eigenvalue weighted by Crippen LogP contribution is -2.26. The minimum absolute atomic E-state index is 0.0674. The molecule has 1 atom stereocenters. The van der Waals surface area contributed by atoms with Gasteiger partial charge < -0.3 is 24.4 Å². The van der Waals surface area contributed by atoms with Crippen LogP contribution in [0.2, 0.25) is 0 Å². The maximum Gasteiger partial charge on any atom is 0.181 e. The van der Waals surface area contributed by atoms with E-state index in [2.05, 4.69) is 6.08 Å². The van der Waals surface area contributed by atoms with Gasteiger partial charge in [0.1, 0.15) is 40.9 Å². The molecule has 6 heteroatoms. The predicted molar refractivity (Wildman–Crippen MR) is 105 cm³/mol. The van der Waals surface area contributed by atoms with Crippen molar-refractivity contribution in [3.05, 3.63) is 52.6 Å². The Morgan fingerprint density at radius 1 is 1.21 bits per heavy atom. The van der Waals surface area contributed by atoms with E-state index >= 15 is 0 Å². The molecule has 0 aliphatic carbocycles. The number of benzene rings is 2. The van der Waals surface area contributed by atoms with Gasteiger partial charge in [0.25, 0.3) is 0 Å². The molecule has 0 bridgehead atoms. The molecule has 0 saturated carbocycles. The van der Waals surface area contributed by atoms with E-state index < -0.39 is 5.92 Å². The Balaban J connectivity index is 2.10. The lowest BCUT2D eigenvalue weighted by atomic mass is 9.86. The van der Waals surface area contributed by atoms with Gasteiger partial charge in [0.15, 0.2) is 5.78 Å². The molecule has 2 aromatic carbocycles. The molecule has 0 unspecified atom stereocenters. The molecule has 0 fully saturated rings. The standard InChI is InChI=1S/C22H24O6/c1-12(2)5-6-15-18(26-3)8-7-14(22(15)27-4)16-11-28-19-10-13(23)9-17(24)20(19)21(16)25/h5,7-10,16,23-24H,6,11H2,1-4H3/t16-/m1/s1. The third-order valence-corrected chi connectivity index (χ3v) is 4.80. The van der Waals surface area contributed by atoms with Crippen molar-refractivity contribution in [2.24, 2.45) is 0 Å². The van der Waals surface area contributed by atoms with Crippen LogP contribution in [0.3, 0.4) is 0 Å². The monoisotopic (exact) mass is 384 g/mol. The summed E-state index contributed by atoms with van der Waals surface area (Å²) in [5.41, 5.74) is 2.74. The maximum absolute atomic E-state index is 13.1. The molecule has 0 radical (unpaired) electrons. The first-order valence-corrected chi connectivity index (χ1v) is 8.97. The van der Waals surface area contributed by atoms with E-state index in [0.717, 1.165) is 17.2 Å². The van der Waals surface area contributed by atoms with Crippen LogP contribution in [-0.2, 0) is 6.42 Å². The van der Waals surface area contributed by atoms with Gasteiger partial charge in [-0.2, -0.15) is 0 Å². The summed E-state index contributed by atoms with van der Waals surface area (Å²) in [6, 6.07) is 6.06. The van der Waals surface area contributed by atoms with Gasteiger partial charge in [-0.05, 0) is 26.3 Å². The summed E-state index contributed by atoms with van der Waals surface area (Å²) in [5, 5.41) is 19.8. The minimum Gasteiger partial charge on any atom is -0.508 e. The Bertz CT molecular complexity index is 941. The molecule has 0 aromatic heterocycles. The van der Waals surface area contributed by atoms with Gasteiger partial charge in [-0.3, -0.25) is 4.79 Å². The number of Topliss-reactive ketones (excluding diaryl/α,β-unsaturated/α-hetero) is 1. The van der Waals surface area contributed by atoms with E-state index in [1.54, 1.807) is 20.3 Å². The molecule has 1 aliphatic heterocycles. The molecule has 0 spiro atoms. The van der Waals surface area contributed by atoms with Gasteiger partial charge >= 0.3 is 0 Å². The van der Waals surface area contributed by atoms with Crippen molar-refractivity contribution in [2.45, 2.75) is 26.2 Å². The van der Waals surface area contributed by atoms with E-state index in [1.807, 2.05) is 19.9 Å². The van der Waals surface area contributed by atoms with Gasteiger partial charge in [0.2, 0.25) is 0 Å². The summed E-state index contributed by atoms with van der Waals surface area (Å²) in [5.74, 6) is 0.0343. The van der Waals surface area contributed by atoms with Crippen LogP contribution in [0.15, 0.2) is 35.9 Å². The number of carbonyl (C=O) groups is 1. The smallest absolute Gasteiger partial charge is 0.181 e. The number of carbonyl (C=O) groups excluding carboxylic acids is 1. The quantitative estimate of drug-likeness (QED) is 0.759. The first kappa shape index (κ1) is 19.6. The minimum atomic E-state index is -0.644. The highest BCUT2D eigenvalue weighted by Crippen LogP contribution is 2.44. The highest BCUT2D eigenvalue weighted by Gasteiger charge is 2.35. The van der Waals surface area contributed by atoms with Crippen LogP contribution in [0.25, 0.3) is 0 Å². The first-order valence-electron chi connectivity index (χ1n) is 8.97. The van der Waals surface area contributed by atoms with Crippen LogP contribution in [0.4, 0.5) is 0 Å². The first-order chi connectivity index (χ1) is 13.4. The topological polar surface area (TPSA) is 85.2 Å². The maximum atomic E-state index is 13.1. The van der Waals surface area contributed by atoms with Crippen molar-refractivity contribution < 1.29 is 29.2 Å². The van der Waals surface area contributed by atoms with E-state index in [9.17, 15) is 15.0 Å². The largest absolute Gasteiger partial charge is 0.508 e. The van der Waals surface area contributed by atoms with Crippen LogP contribution in [0.1, 0.15) is 41.3 Å². The Kier molecular flexibility index (Phi) is 5.49. The molecule has 2 aromatic rings. The number of aromatic hydroxyl groups is 2. The zero-order chi connectivity index (χ0) is 20.4. The van der Waals surface area contributed by atoms with Crippen LogP contribution < -0.4 is 14.2 Å². The summed E-state index contributed by atoms with van der Waals surface area (Å²) < 4.78 is 16.8. The summed E-state index contributed by atoms with van der Waals surface area (Å²) in [6.07, 6.45) is 2.66. The van der Waals surface area contributed by atoms with Crippen LogP contribution in [-0.4, -0.2) is 36.8 Å². The summed E-state index contributed by atoms with van der Waals surface area (Å²) in [7, 11) is 3.15. The molecule has 2 N–H and O–H groups in total.